The zero-order chi connectivity index (χ0) is 22.9. The Morgan fingerprint density at radius 1 is 1.30 bits per heavy atom. The first-order valence-electron chi connectivity index (χ1n) is 9.22. The quantitative estimate of drug-likeness (QED) is 0.558. The summed E-state index contributed by atoms with van der Waals surface area (Å²) in [7, 11) is 0. The van der Waals surface area contributed by atoms with Crippen molar-refractivity contribution in [3.8, 4) is 0 Å². The van der Waals surface area contributed by atoms with Crippen molar-refractivity contribution < 1.29 is 28.3 Å². The van der Waals surface area contributed by atoms with Crippen molar-refractivity contribution in [2.75, 3.05) is 5.73 Å². The highest BCUT2D eigenvalue weighted by molar-refractivity contribution is 5.84. The van der Waals surface area contributed by atoms with Gasteiger partial charge in [-0.25, -0.2) is 18.6 Å². The van der Waals surface area contributed by atoms with Gasteiger partial charge >= 0.3 is 5.97 Å². The van der Waals surface area contributed by atoms with E-state index in [-0.39, 0.29) is 12.0 Å². The molecule has 4 N–H and O–H groups in total. The number of hydrogen-bond acceptors (Lipinski definition) is 5. The van der Waals surface area contributed by atoms with Crippen molar-refractivity contribution in [2.24, 2.45) is 0 Å². The largest absolute Gasteiger partial charge is 0.480 e. The Hall–Kier alpha value is -3.30. The Morgan fingerprint density at radius 2 is 1.90 bits per heavy atom. The molecule has 1 amide bonds. The van der Waals surface area contributed by atoms with Crippen LogP contribution in [-0.4, -0.2) is 38.9 Å². The van der Waals surface area contributed by atoms with Crippen LogP contribution in [0.3, 0.4) is 0 Å². The molecule has 0 aliphatic rings. The molecular formula is C20H26F2N4O4. The van der Waals surface area contributed by atoms with E-state index in [0.29, 0.717) is 24.7 Å². The second-order valence-electron chi connectivity index (χ2n) is 7.18. The Kier molecular flexibility index (Phi) is 9.10. The number of amides is 1. The molecule has 10 heteroatoms. The zero-order valence-corrected chi connectivity index (χ0v) is 17.1. The third-order valence-electron chi connectivity index (χ3n) is 4.05. The Balaban J connectivity index is 0.000000346. The van der Waals surface area contributed by atoms with Crippen LogP contribution in [0.25, 0.3) is 0 Å². The fourth-order valence-corrected chi connectivity index (χ4v) is 2.40. The first kappa shape index (κ1) is 24.7. The van der Waals surface area contributed by atoms with Crippen molar-refractivity contribution in [3.05, 3.63) is 47.9 Å². The van der Waals surface area contributed by atoms with Crippen LogP contribution in [0.2, 0.25) is 0 Å². The number of carboxylic acids is 1. The second-order valence-corrected chi connectivity index (χ2v) is 7.18. The smallest absolute Gasteiger partial charge is 0.326 e. The van der Waals surface area contributed by atoms with Crippen LogP contribution >= 0.6 is 0 Å². The summed E-state index contributed by atoms with van der Waals surface area (Å²) < 4.78 is 27.5. The summed E-state index contributed by atoms with van der Waals surface area (Å²) in [5.74, 6) is -2.82. The Labute approximate surface area is 173 Å². The average Bonchev–Trinajstić information content (AvgIpc) is 3.08. The summed E-state index contributed by atoms with van der Waals surface area (Å²) in [6, 6.07) is 1.81. The summed E-state index contributed by atoms with van der Waals surface area (Å²) in [6.07, 6.45) is 4.68. The van der Waals surface area contributed by atoms with E-state index >= 15 is 0 Å². The number of carbonyl (C=O) groups excluding carboxylic acids is 2. The van der Waals surface area contributed by atoms with E-state index in [0.717, 1.165) is 18.4 Å². The molecule has 1 unspecified atom stereocenters. The number of carbonyl (C=O) groups is 3. The molecule has 0 aliphatic heterocycles. The highest BCUT2D eigenvalue weighted by Crippen LogP contribution is 2.12. The van der Waals surface area contributed by atoms with Crippen LogP contribution in [0.15, 0.2) is 30.7 Å². The number of nitrogens with one attached hydrogen (secondary N) is 1. The van der Waals surface area contributed by atoms with Crippen molar-refractivity contribution in [1.29, 1.82) is 0 Å². The van der Waals surface area contributed by atoms with Crippen molar-refractivity contribution in [3.63, 3.8) is 0 Å². The standard InChI is InChI=1S/C13H15F2NO3.C7H11N3O/c1-2-3-11(13(18)19)16-12(17)6-8-4-9(14)7-10(15)5-8;1-7(2,4-11)10-3-6(8)9-5-10/h4-5,7,11H,2-3,6H2,1H3,(H,16,17)(H,18,19);3-5H,8H2,1-2H3. The molecule has 30 heavy (non-hydrogen) atoms. The van der Waals surface area contributed by atoms with Gasteiger partial charge in [0.1, 0.15) is 29.8 Å². The highest BCUT2D eigenvalue weighted by atomic mass is 19.1. The zero-order valence-electron chi connectivity index (χ0n) is 17.1. The lowest BCUT2D eigenvalue weighted by atomic mass is 10.1. The lowest BCUT2D eigenvalue weighted by Crippen LogP contribution is -2.41. The van der Waals surface area contributed by atoms with Gasteiger partial charge in [0.05, 0.1) is 18.3 Å². The molecule has 164 valence electrons. The highest BCUT2D eigenvalue weighted by Gasteiger charge is 2.19. The van der Waals surface area contributed by atoms with E-state index in [1.54, 1.807) is 37.9 Å². The maximum Gasteiger partial charge on any atom is 0.326 e. The molecule has 8 nitrogen and oxygen atoms in total. The van der Waals surface area contributed by atoms with Crippen LogP contribution in [0, 0.1) is 11.6 Å². The van der Waals surface area contributed by atoms with E-state index in [2.05, 4.69) is 10.3 Å². The minimum absolute atomic E-state index is 0.163. The number of nitrogens with zero attached hydrogens (tertiary/aromatic N) is 2. The molecule has 0 saturated carbocycles. The van der Waals surface area contributed by atoms with Gasteiger partial charge in [-0.1, -0.05) is 13.3 Å². The van der Waals surface area contributed by atoms with Gasteiger partial charge in [0.15, 0.2) is 0 Å². The topological polar surface area (TPSA) is 127 Å². The number of hydrogen-bond donors (Lipinski definition) is 3. The van der Waals surface area contributed by atoms with Crippen molar-refractivity contribution in [2.45, 2.75) is 51.6 Å². The van der Waals surface area contributed by atoms with Crippen LogP contribution in [0.4, 0.5) is 14.6 Å². The molecule has 0 aliphatic carbocycles. The Bertz CT molecular complexity index is 863. The van der Waals surface area contributed by atoms with E-state index in [4.69, 9.17) is 10.8 Å². The first-order chi connectivity index (χ1) is 14.0. The number of carboxylic acid groups (broad SMARTS) is 1. The molecule has 2 rings (SSSR count). The fourth-order valence-electron chi connectivity index (χ4n) is 2.40. The van der Waals surface area contributed by atoms with Gasteiger partial charge in [0.2, 0.25) is 5.91 Å². The number of aldehydes is 1. The second kappa shape index (κ2) is 11.0. The average molecular weight is 424 g/mol. The molecule has 1 heterocycles. The summed E-state index contributed by atoms with van der Waals surface area (Å²) in [5.41, 5.74) is 4.99. The van der Waals surface area contributed by atoms with Gasteiger partial charge in [-0.05, 0) is 38.0 Å². The van der Waals surface area contributed by atoms with Crippen molar-refractivity contribution in [1.82, 2.24) is 14.9 Å². The molecule has 0 spiro atoms. The number of imidazole rings is 1. The summed E-state index contributed by atoms with van der Waals surface area (Å²) >= 11 is 0. The van der Waals surface area contributed by atoms with Crippen LogP contribution < -0.4 is 11.1 Å². The van der Waals surface area contributed by atoms with Gasteiger partial charge in [-0.3, -0.25) is 4.79 Å². The molecule has 1 aromatic heterocycles. The van der Waals surface area contributed by atoms with Gasteiger partial charge in [0.25, 0.3) is 0 Å². The number of nitrogen functional groups attached to an aromatic ring is 1. The third kappa shape index (κ3) is 7.98. The monoisotopic (exact) mass is 424 g/mol. The molecule has 0 bridgehead atoms. The summed E-state index contributed by atoms with van der Waals surface area (Å²) in [5, 5.41) is 11.2. The van der Waals surface area contributed by atoms with Crippen LogP contribution in [-0.2, 0) is 26.3 Å². The van der Waals surface area contributed by atoms with E-state index in [9.17, 15) is 23.2 Å². The molecule has 1 atom stereocenters. The van der Waals surface area contributed by atoms with Gasteiger partial charge in [-0.2, -0.15) is 0 Å². The lowest BCUT2D eigenvalue weighted by Gasteiger charge is -2.17. The SMILES string of the molecule is CC(C)(C=O)n1cnc(N)c1.CCCC(NC(=O)Cc1cc(F)cc(F)c1)C(=O)O. The van der Waals surface area contributed by atoms with Crippen molar-refractivity contribution >= 4 is 24.0 Å². The molecule has 0 fully saturated rings. The molecule has 0 saturated heterocycles. The molecule has 1 aromatic carbocycles. The number of benzene rings is 1. The van der Waals surface area contributed by atoms with E-state index in [1.165, 1.54) is 0 Å². The van der Waals surface area contributed by atoms with Crippen LogP contribution in [0.5, 0.6) is 0 Å². The Morgan fingerprint density at radius 3 is 2.33 bits per heavy atom. The number of aromatic nitrogens is 2. The predicted octanol–water partition coefficient (Wildman–Crippen LogP) is 2.28. The number of anilines is 1. The maximum atomic E-state index is 12.9. The maximum absolute atomic E-state index is 12.9. The normalized spacial score (nSPS) is 11.8. The number of aliphatic carboxylic acids is 1. The van der Waals surface area contributed by atoms with E-state index < -0.39 is 35.1 Å². The minimum Gasteiger partial charge on any atom is -0.480 e. The predicted molar refractivity (Wildman–Crippen MR) is 107 cm³/mol. The van der Waals surface area contributed by atoms with Gasteiger partial charge < -0.3 is 25.5 Å². The summed E-state index contributed by atoms with van der Waals surface area (Å²) in [6.45, 7) is 5.38. The molecule has 2 aromatic rings. The molecule has 0 radical (unpaired) electrons. The van der Waals surface area contributed by atoms with Gasteiger partial charge in [-0.15, -0.1) is 0 Å². The number of halogens is 2. The minimum atomic E-state index is -1.12. The van der Waals surface area contributed by atoms with Crippen LogP contribution in [0.1, 0.15) is 39.2 Å². The summed E-state index contributed by atoms with van der Waals surface area (Å²) in [4.78, 5) is 36.8. The van der Waals surface area contributed by atoms with E-state index in [1.807, 2.05) is 0 Å². The first-order valence-corrected chi connectivity index (χ1v) is 9.22. The number of rotatable bonds is 8. The molecular weight excluding hydrogens is 398 g/mol. The van der Waals surface area contributed by atoms with Gasteiger partial charge in [0, 0.05) is 12.3 Å². The third-order valence-corrected chi connectivity index (χ3v) is 4.05. The fraction of sp³-hybridized carbons (Fsp3) is 0.400. The lowest BCUT2D eigenvalue weighted by molar-refractivity contribution is -0.141. The number of nitrogens with two attached hydrogens (primary N) is 1.